The van der Waals surface area contributed by atoms with E-state index >= 15 is 0 Å². The number of amides is 1. The van der Waals surface area contributed by atoms with Gasteiger partial charge in [-0.15, -0.1) is 0 Å². The molecule has 0 bridgehead atoms. The molecule has 0 aliphatic carbocycles. The summed E-state index contributed by atoms with van der Waals surface area (Å²) in [5.41, 5.74) is 0.211. The van der Waals surface area contributed by atoms with Crippen LogP contribution in [-0.4, -0.2) is 25.4 Å². The lowest BCUT2D eigenvalue weighted by molar-refractivity contribution is 0.0958. The maximum atomic E-state index is 11.3. The number of nitrogens with zero attached hydrogens (tertiary/aromatic N) is 1. The molecule has 16 heavy (non-hydrogen) atoms. The van der Waals surface area contributed by atoms with Crippen LogP contribution >= 0.6 is 0 Å². The summed E-state index contributed by atoms with van der Waals surface area (Å²) in [6.07, 6.45) is 0. The molecule has 7 heteroatoms. The van der Waals surface area contributed by atoms with Crippen molar-refractivity contribution >= 4 is 16.0 Å². The van der Waals surface area contributed by atoms with Gasteiger partial charge in [0.05, 0.1) is 11.0 Å². The van der Waals surface area contributed by atoms with Gasteiger partial charge in [0.2, 0.25) is 0 Å². The highest BCUT2D eigenvalue weighted by atomic mass is 32.2. The lowest BCUT2D eigenvalue weighted by Crippen LogP contribution is -2.23. The Balaban J connectivity index is 2.88. The van der Waals surface area contributed by atoms with Crippen molar-refractivity contribution in [2.24, 2.45) is 0 Å². The van der Waals surface area contributed by atoms with Crippen molar-refractivity contribution in [3.05, 3.63) is 29.8 Å². The van der Waals surface area contributed by atoms with Gasteiger partial charge in [-0.3, -0.25) is 9.35 Å². The summed E-state index contributed by atoms with van der Waals surface area (Å²) in [7, 11) is -4.25. The van der Waals surface area contributed by atoms with Crippen molar-refractivity contribution in [3.8, 4) is 6.07 Å². The first-order chi connectivity index (χ1) is 7.45. The number of carbonyl (C=O) groups excluding carboxylic acids is 1. The van der Waals surface area contributed by atoms with E-state index in [4.69, 9.17) is 9.81 Å². The first-order valence-corrected chi connectivity index (χ1v) is 5.62. The third-order valence-electron chi connectivity index (χ3n) is 1.74. The molecular weight excluding hydrogens is 232 g/mol. The van der Waals surface area contributed by atoms with Gasteiger partial charge in [-0.25, -0.2) is 0 Å². The van der Waals surface area contributed by atoms with Crippen molar-refractivity contribution in [3.63, 3.8) is 0 Å². The minimum atomic E-state index is -4.25. The summed E-state index contributed by atoms with van der Waals surface area (Å²) in [6.45, 7) is -0.126. The van der Waals surface area contributed by atoms with E-state index in [0.717, 1.165) is 12.1 Å². The van der Waals surface area contributed by atoms with Crippen molar-refractivity contribution in [2.75, 3.05) is 6.54 Å². The van der Waals surface area contributed by atoms with Crippen LogP contribution in [-0.2, 0) is 10.1 Å². The number of hydrogen-bond donors (Lipinski definition) is 2. The Labute approximate surface area is 92.3 Å². The molecule has 0 spiro atoms. The first kappa shape index (κ1) is 12.2. The molecule has 0 heterocycles. The molecule has 0 radical (unpaired) electrons. The van der Waals surface area contributed by atoms with E-state index in [1.54, 1.807) is 6.07 Å². The van der Waals surface area contributed by atoms with Crippen LogP contribution in [0.2, 0.25) is 0 Å². The number of benzene rings is 1. The quantitative estimate of drug-likeness (QED) is 0.579. The molecule has 2 N–H and O–H groups in total. The van der Waals surface area contributed by atoms with Gasteiger partial charge in [0.1, 0.15) is 6.54 Å². The highest BCUT2D eigenvalue weighted by Crippen LogP contribution is 2.09. The Morgan fingerprint density at radius 3 is 2.38 bits per heavy atom. The fourth-order valence-corrected chi connectivity index (χ4v) is 1.48. The van der Waals surface area contributed by atoms with Gasteiger partial charge < -0.3 is 5.32 Å². The summed E-state index contributed by atoms with van der Waals surface area (Å²) >= 11 is 0. The summed E-state index contributed by atoms with van der Waals surface area (Å²) in [6, 6.07) is 6.44. The van der Waals surface area contributed by atoms with Gasteiger partial charge in [-0.2, -0.15) is 13.7 Å². The zero-order valence-electron chi connectivity index (χ0n) is 8.04. The Morgan fingerprint density at radius 2 is 1.94 bits per heavy atom. The maximum absolute atomic E-state index is 11.3. The summed E-state index contributed by atoms with van der Waals surface area (Å²) in [4.78, 5) is 11.0. The second-order valence-corrected chi connectivity index (χ2v) is 4.26. The van der Waals surface area contributed by atoms with E-state index in [-0.39, 0.29) is 17.0 Å². The molecule has 0 saturated heterocycles. The molecule has 1 rings (SSSR count). The Kier molecular flexibility index (Phi) is 3.60. The van der Waals surface area contributed by atoms with Crippen molar-refractivity contribution in [1.82, 2.24) is 5.32 Å². The van der Waals surface area contributed by atoms with Gasteiger partial charge in [0.15, 0.2) is 0 Å². The van der Waals surface area contributed by atoms with Crippen LogP contribution in [0.25, 0.3) is 0 Å². The van der Waals surface area contributed by atoms with E-state index in [0.29, 0.717) is 0 Å². The molecule has 0 aromatic heterocycles. The van der Waals surface area contributed by atoms with Crippen LogP contribution in [0.1, 0.15) is 10.4 Å². The lowest BCUT2D eigenvalue weighted by Gasteiger charge is -2.01. The number of nitrogens with one attached hydrogen (secondary N) is 1. The van der Waals surface area contributed by atoms with E-state index in [1.165, 1.54) is 12.1 Å². The highest BCUT2D eigenvalue weighted by molar-refractivity contribution is 7.85. The Hall–Kier alpha value is -1.91. The summed E-state index contributed by atoms with van der Waals surface area (Å²) in [5, 5.41) is 10.5. The number of nitriles is 1. The Morgan fingerprint density at radius 1 is 1.38 bits per heavy atom. The van der Waals surface area contributed by atoms with E-state index in [1.807, 2.05) is 0 Å². The average Bonchev–Trinajstić information content (AvgIpc) is 2.25. The molecule has 1 amide bonds. The zero-order valence-corrected chi connectivity index (χ0v) is 8.86. The Bertz CT molecular complexity index is 528. The molecule has 6 nitrogen and oxygen atoms in total. The topological polar surface area (TPSA) is 107 Å². The van der Waals surface area contributed by atoms with Crippen molar-refractivity contribution in [2.45, 2.75) is 4.90 Å². The van der Waals surface area contributed by atoms with E-state index < -0.39 is 16.0 Å². The lowest BCUT2D eigenvalue weighted by atomic mass is 10.2. The fourth-order valence-electron chi connectivity index (χ4n) is 1.00. The number of rotatable bonds is 3. The van der Waals surface area contributed by atoms with Crippen LogP contribution in [0.3, 0.4) is 0 Å². The van der Waals surface area contributed by atoms with Gasteiger partial charge in [0.25, 0.3) is 16.0 Å². The van der Waals surface area contributed by atoms with Crippen LogP contribution < -0.4 is 5.32 Å². The smallest absolute Gasteiger partial charge is 0.294 e. The normalized spacial score (nSPS) is 10.5. The molecular formula is C9H8N2O4S. The molecule has 1 aromatic carbocycles. The predicted octanol–water partition coefficient (Wildman–Crippen LogP) is 0.187. The number of carbonyl (C=O) groups is 1. The van der Waals surface area contributed by atoms with Crippen LogP contribution in [0.4, 0.5) is 0 Å². The van der Waals surface area contributed by atoms with E-state index in [2.05, 4.69) is 5.32 Å². The second kappa shape index (κ2) is 4.74. The van der Waals surface area contributed by atoms with Gasteiger partial charge in [0, 0.05) is 5.56 Å². The molecule has 0 unspecified atom stereocenters. The molecule has 0 atom stereocenters. The summed E-state index contributed by atoms with van der Waals surface area (Å²) < 4.78 is 30.1. The van der Waals surface area contributed by atoms with Crippen molar-refractivity contribution in [1.29, 1.82) is 5.26 Å². The van der Waals surface area contributed by atoms with Crippen LogP contribution in [0, 0.1) is 11.3 Å². The third-order valence-corrected chi connectivity index (χ3v) is 2.61. The third kappa shape index (κ3) is 3.05. The van der Waals surface area contributed by atoms with Crippen molar-refractivity contribution < 1.29 is 17.8 Å². The molecule has 0 saturated carbocycles. The SMILES string of the molecule is N#CCNC(=O)c1ccc(S(=O)(=O)O)cc1. The molecule has 0 aliphatic rings. The zero-order chi connectivity index (χ0) is 12.2. The minimum absolute atomic E-state index is 0.126. The minimum Gasteiger partial charge on any atom is -0.339 e. The van der Waals surface area contributed by atoms with E-state index in [9.17, 15) is 13.2 Å². The highest BCUT2D eigenvalue weighted by Gasteiger charge is 2.10. The van der Waals surface area contributed by atoms with Gasteiger partial charge >= 0.3 is 0 Å². The van der Waals surface area contributed by atoms with Crippen LogP contribution in [0.15, 0.2) is 29.2 Å². The number of hydrogen-bond acceptors (Lipinski definition) is 4. The first-order valence-electron chi connectivity index (χ1n) is 4.18. The monoisotopic (exact) mass is 240 g/mol. The predicted molar refractivity (Wildman–Crippen MR) is 54.2 cm³/mol. The average molecular weight is 240 g/mol. The molecule has 0 aliphatic heterocycles. The van der Waals surface area contributed by atoms with Crippen LogP contribution in [0.5, 0.6) is 0 Å². The van der Waals surface area contributed by atoms with Gasteiger partial charge in [-0.05, 0) is 24.3 Å². The molecule has 1 aromatic rings. The fraction of sp³-hybridized carbons (Fsp3) is 0.111. The molecule has 84 valence electrons. The molecule has 0 fully saturated rings. The summed E-state index contributed by atoms with van der Waals surface area (Å²) in [5.74, 6) is -0.483. The van der Waals surface area contributed by atoms with Gasteiger partial charge in [-0.1, -0.05) is 0 Å². The second-order valence-electron chi connectivity index (χ2n) is 2.84. The maximum Gasteiger partial charge on any atom is 0.294 e. The standard InChI is InChI=1S/C9H8N2O4S/c10-5-6-11-9(12)7-1-3-8(4-2-7)16(13,14)15/h1-4H,6H2,(H,11,12)(H,13,14,15). The largest absolute Gasteiger partial charge is 0.339 e.